The van der Waals surface area contributed by atoms with Crippen molar-refractivity contribution in [3.63, 3.8) is 0 Å². The van der Waals surface area contributed by atoms with Crippen LogP contribution in [0.3, 0.4) is 0 Å². The Morgan fingerprint density at radius 3 is 2.41 bits per heavy atom. The summed E-state index contributed by atoms with van der Waals surface area (Å²) in [5.41, 5.74) is 3.24. The normalized spacial score (nSPS) is 20.1. The minimum Gasteiger partial charge on any atom is -0.439 e. The lowest BCUT2D eigenvalue weighted by Crippen LogP contribution is -2.31. The molecular weight excluding hydrogens is 355 g/mol. The lowest BCUT2D eigenvalue weighted by molar-refractivity contribution is -0.137. The number of aryl methyl sites for hydroxylation is 3. The Balaban J connectivity index is 1.87. The van der Waals surface area contributed by atoms with Crippen LogP contribution in [0.1, 0.15) is 46.4 Å². The molecule has 3 nitrogen and oxygen atoms in total. The van der Waals surface area contributed by atoms with E-state index in [9.17, 15) is 18.0 Å². The van der Waals surface area contributed by atoms with Gasteiger partial charge in [0, 0.05) is 6.54 Å². The Kier molecular flexibility index (Phi) is 4.93. The van der Waals surface area contributed by atoms with Crippen molar-refractivity contribution < 1.29 is 22.7 Å². The van der Waals surface area contributed by atoms with E-state index in [1.54, 1.807) is 13.0 Å². The molecule has 1 aliphatic rings. The molecule has 2 aromatic rings. The molecule has 2 aromatic carbocycles. The minimum atomic E-state index is -4.42. The van der Waals surface area contributed by atoms with E-state index in [4.69, 9.17) is 4.74 Å². The van der Waals surface area contributed by atoms with Gasteiger partial charge < -0.3 is 4.74 Å². The fourth-order valence-electron chi connectivity index (χ4n) is 3.52. The van der Waals surface area contributed by atoms with Gasteiger partial charge in [-0.2, -0.15) is 13.2 Å². The van der Waals surface area contributed by atoms with Crippen LogP contribution in [-0.2, 0) is 17.5 Å². The van der Waals surface area contributed by atoms with Crippen molar-refractivity contribution in [2.75, 3.05) is 0 Å². The van der Waals surface area contributed by atoms with Gasteiger partial charge in [0.1, 0.15) is 6.10 Å². The zero-order valence-corrected chi connectivity index (χ0v) is 15.7. The summed E-state index contributed by atoms with van der Waals surface area (Å²) >= 11 is 0. The number of hydrogen-bond acceptors (Lipinski definition) is 2. The second-order valence-electron chi connectivity index (χ2n) is 7.24. The molecule has 0 aliphatic carbocycles. The molecule has 1 aliphatic heterocycles. The van der Waals surface area contributed by atoms with E-state index < -0.39 is 23.9 Å². The van der Waals surface area contributed by atoms with Crippen LogP contribution in [0.2, 0.25) is 0 Å². The monoisotopic (exact) mass is 377 g/mol. The Morgan fingerprint density at radius 2 is 1.74 bits per heavy atom. The van der Waals surface area contributed by atoms with E-state index in [-0.39, 0.29) is 12.6 Å². The summed E-state index contributed by atoms with van der Waals surface area (Å²) in [4.78, 5) is 13.9. The number of ether oxygens (including phenoxy) is 1. The lowest BCUT2D eigenvalue weighted by Gasteiger charge is -2.22. The lowest BCUT2D eigenvalue weighted by atomic mass is 9.96. The van der Waals surface area contributed by atoms with Gasteiger partial charge in [0.05, 0.1) is 11.6 Å². The van der Waals surface area contributed by atoms with Crippen LogP contribution in [0.5, 0.6) is 0 Å². The van der Waals surface area contributed by atoms with E-state index in [1.165, 1.54) is 4.90 Å². The quantitative estimate of drug-likeness (QED) is 0.685. The van der Waals surface area contributed by atoms with Crippen LogP contribution >= 0.6 is 0 Å². The molecule has 1 fully saturated rings. The number of cyclic esters (lactones) is 1. The largest absolute Gasteiger partial charge is 0.439 e. The summed E-state index contributed by atoms with van der Waals surface area (Å²) in [6.45, 7) is 7.47. The van der Waals surface area contributed by atoms with Gasteiger partial charge in [-0.15, -0.1) is 0 Å². The molecule has 0 aromatic heterocycles. The molecule has 0 unspecified atom stereocenters. The van der Waals surface area contributed by atoms with Crippen LogP contribution in [0, 0.1) is 20.8 Å². The van der Waals surface area contributed by atoms with Crippen LogP contribution < -0.4 is 0 Å². The average molecular weight is 377 g/mol. The maximum absolute atomic E-state index is 13.1. The number of halogens is 3. The first-order valence-corrected chi connectivity index (χ1v) is 8.78. The van der Waals surface area contributed by atoms with E-state index in [0.717, 1.165) is 28.8 Å². The van der Waals surface area contributed by atoms with Gasteiger partial charge in [0.25, 0.3) is 0 Å². The van der Waals surface area contributed by atoms with Gasteiger partial charge in [0.2, 0.25) is 0 Å². The highest BCUT2D eigenvalue weighted by Crippen LogP contribution is 2.36. The fraction of sp³-hybridized carbons (Fsp3) is 0.381. The molecule has 3 rings (SSSR count). The molecular formula is C21H22F3NO2. The number of benzene rings is 2. The Hall–Kier alpha value is -2.50. The third-order valence-corrected chi connectivity index (χ3v) is 4.95. The van der Waals surface area contributed by atoms with Crippen molar-refractivity contribution in [1.82, 2.24) is 4.90 Å². The second-order valence-corrected chi connectivity index (χ2v) is 7.24. The van der Waals surface area contributed by atoms with E-state index in [1.807, 2.05) is 39.0 Å². The average Bonchev–Trinajstić information content (AvgIpc) is 2.84. The highest BCUT2D eigenvalue weighted by atomic mass is 19.4. The SMILES string of the molecule is Cc1cc(CN2C(=O)O[C@H](c3cc(C)ccc3C)[C@H]2C)cc(C(F)(F)F)c1. The van der Waals surface area contributed by atoms with Crippen molar-refractivity contribution in [3.05, 3.63) is 69.8 Å². The summed E-state index contributed by atoms with van der Waals surface area (Å²) < 4.78 is 44.8. The van der Waals surface area contributed by atoms with Crippen LogP contribution in [0.15, 0.2) is 36.4 Å². The number of hydrogen-bond donors (Lipinski definition) is 0. The molecule has 0 spiro atoms. The van der Waals surface area contributed by atoms with Crippen molar-refractivity contribution in [1.29, 1.82) is 0 Å². The van der Waals surface area contributed by atoms with Crippen molar-refractivity contribution in [3.8, 4) is 0 Å². The highest BCUT2D eigenvalue weighted by Gasteiger charge is 2.40. The van der Waals surface area contributed by atoms with Gasteiger partial charge in [-0.25, -0.2) is 4.79 Å². The molecule has 6 heteroatoms. The van der Waals surface area contributed by atoms with Gasteiger partial charge in [-0.1, -0.05) is 35.4 Å². The Morgan fingerprint density at radius 1 is 1.04 bits per heavy atom. The molecule has 1 saturated heterocycles. The molecule has 2 atom stereocenters. The van der Waals surface area contributed by atoms with Crippen LogP contribution in [-0.4, -0.2) is 17.0 Å². The number of carbonyl (C=O) groups excluding carboxylic acids is 1. The first-order valence-electron chi connectivity index (χ1n) is 8.78. The number of amides is 1. The third kappa shape index (κ3) is 3.94. The number of carbonyl (C=O) groups is 1. The predicted molar refractivity (Wildman–Crippen MR) is 96.3 cm³/mol. The van der Waals surface area contributed by atoms with Crippen LogP contribution in [0.25, 0.3) is 0 Å². The number of rotatable bonds is 3. The summed E-state index contributed by atoms with van der Waals surface area (Å²) in [5, 5.41) is 0. The molecule has 1 heterocycles. The van der Waals surface area contributed by atoms with Crippen LogP contribution in [0.4, 0.5) is 18.0 Å². The smallest absolute Gasteiger partial charge is 0.416 e. The minimum absolute atomic E-state index is 0.0755. The summed E-state index contributed by atoms with van der Waals surface area (Å²) in [6, 6.07) is 9.54. The molecule has 1 amide bonds. The molecule has 0 bridgehead atoms. The zero-order valence-electron chi connectivity index (χ0n) is 15.7. The van der Waals surface area contributed by atoms with Crippen molar-refractivity contribution in [2.45, 2.75) is 52.6 Å². The summed E-state index contributed by atoms with van der Waals surface area (Å²) in [5.74, 6) is 0. The maximum Gasteiger partial charge on any atom is 0.416 e. The van der Waals surface area contributed by atoms with Gasteiger partial charge >= 0.3 is 12.3 Å². The number of nitrogens with zero attached hydrogens (tertiary/aromatic N) is 1. The first kappa shape index (κ1) is 19.3. The number of alkyl halides is 3. The van der Waals surface area contributed by atoms with E-state index in [2.05, 4.69) is 0 Å². The summed E-state index contributed by atoms with van der Waals surface area (Å²) in [6.07, 6.45) is -5.37. The molecule has 144 valence electrons. The topological polar surface area (TPSA) is 29.5 Å². The second kappa shape index (κ2) is 6.91. The Bertz CT molecular complexity index is 876. The molecule has 27 heavy (non-hydrogen) atoms. The predicted octanol–water partition coefficient (Wildman–Crippen LogP) is 5.71. The highest BCUT2D eigenvalue weighted by molar-refractivity contribution is 5.71. The fourth-order valence-corrected chi connectivity index (χ4v) is 3.52. The standard InChI is InChI=1S/C21H22F3NO2/c1-12-5-6-14(3)18(9-12)19-15(4)25(20(26)27-19)11-16-7-13(2)8-17(10-16)21(22,23)24/h5-10,15,19H,11H2,1-4H3/t15-,19+/m1/s1. The summed E-state index contributed by atoms with van der Waals surface area (Å²) in [7, 11) is 0. The van der Waals surface area contributed by atoms with Gasteiger partial charge in [-0.3, -0.25) is 4.90 Å². The Labute approximate surface area is 156 Å². The first-order chi connectivity index (χ1) is 12.6. The van der Waals surface area contributed by atoms with Crippen molar-refractivity contribution in [2.24, 2.45) is 0 Å². The van der Waals surface area contributed by atoms with Crippen molar-refractivity contribution >= 4 is 6.09 Å². The maximum atomic E-state index is 13.1. The molecule has 0 N–H and O–H groups in total. The van der Waals surface area contributed by atoms with E-state index in [0.29, 0.717) is 11.1 Å². The third-order valence-electron chi connectivity index (χ3n) is 4.95. The van der Waals surface area contributed by atoms with Gasteiger partial charge in [-0.05, 0) is 56.5 Å². The van der Waals surface area contributed by atoms with Gasteiger partial charge in [0.15, 0.2) is 0 Å². The molecule has 0 saturated carbocycles. The molecule has 0 radical (unpaired) electrons. The zero-order chi connectivity index (χ0) is 19.9. The van der Waals surface area contributed by atoms with E-state index >= 15 is 0 Å².